The average molecular weight is 416 g/mol. The molecule has 7 nitrogen and oxygen atoms in total. The number of aromatic nitrogens is 3. The molecule has 4 rings (SSSR count). The molecule has 0 aliphatic carbocycles. The lowest BCUT2D eigenvalue weighted by Crippen LogP contribution is -2.15. The van der Waals surface area contributed by atoms with Crippen LogP contribution < -0.4 is 14.8 Å². The Morgan fingerprint density at radius 2 is 1.87 bits per heavy atom. The number of carbonyl (C=O) groups is 1. The summed E-state index contributed by atoms with van der Waals surface area (Å²) in [6.07, 6.45) is 2.85. The molecule has 2 aromatic carbocycles. The van der Waals surface area contributed by atoms with Gasteiger partial charge in [-0.2, -0.15) is 0 Å². The zero-order chi connectivity index (χ0) is 21.6. The molecular weight excluding hydrogens is 392 g/mol. The number of hydrogen-bond donors (Lipinski definition) is 1. The van der Waals surface area contributed by atoms with E-state index in [0.29, 0.717) is 17.9 Å². The molecule has 2 heterocycles. The first kappa shape index (κ1) is 20.4. The molecule has 0 atom stereocenters. The van der Waals surface area contributed by atoms with Crippen molar-refractivity contribution in [1.29, 1.82) is 0 Å². The number of fused-ring (bicyclic) bond motifs is 1. The standard InChI is InChI=1S/C24H24N4O3/c1-17-6-11-20(21(15-17)30-2)31-14-12-24(29)25-19-9-7-18(8-10-19)16-23-27-26-22-5-3-4-13-28(22)23/h3-11,13,15H,12,14,16H2,1-2H3,(H,25,29). The van der Waals surface area contributed by atoms with Crippen LogP contribution in [0.15, 0.2) is 66.9 Å². The highest BCUT2D eigenvalue weighted by atomic mass is 16.5. The number of carbonyl (C=O) groups excluding carboxylic acids is 1. The van der Waals surface area contributed by atoms with Crippen LogP contribution in [-0.2, 0) is 11.2 Å². The Kier molecular flexibility index (Phi) is 6.12. The van der Waals surface area contributed by atoms with Crippen molar-refractivity contribution in [3.05, 3.63) is 83.8 Å². The van der Waals surface area contributed by atoms with Gasteiger partial charge in [-0.1, -0.05) is 24.3 Å². The smallest absolute Gasteiger partial charge is 0.227 e. The maximum atomic E-state index is 12.3. The van der Waals surface area contributed by atoms with Crippen molar-refractivity contribution in [2.24, 2.45) is 0 Å². The Morgan fingerprint density at radius 3 is 2.68 bits per heavy atom. The van der Waals surface area contributed by atoms with Crippen molar-refractivity contribution in [3.8, 4) is 11.5 Å². The van der Waals surface area contributed by atoms with Crippen molar-refractivity contribution >= 4 is 17.2 Å². The number of hydrogen-bond acceptors (Lipinski definition) is 5. The van der Waals surface area contributed by atoms with Crippen LogP contribution in [0.1, 0.15) is 23.4 Å². The highest BCUT2D eigenvalue weighted by molar-refractivity contribution is 5.90. The second kappa shape index (κ2) is 9.30. The third-order valence-electron chi connectivity index (χ3n) is 4.89. The van der Waals surface area contributed by atoms with Gasteiger partial charge in [-0.05, 0) is 54.4 Å². The van der Waals surface area contributed by atoms with Gasteiger partial charge in [0.05, 0.1) is 20.1 Å². The maximum absolute atomic E-state index is 12.3. The highest BCUT2D eigenvalue weighted by Crippen LogP contribution is 2.27. The van der Waals surface area contributed by atoms with Crippen LogP contribution in [-0.4, -0.2) is 34.2 Å². The summed E-state index contributed by atoms with van der Waals surface area (Å²) in [5.41, 5.74) is 3.74. The first-order valence-corrected chi connectivity index (χ1v) is 10.1. The molecule has 0 unspecified atom stereocenters. The van der Waals surface area contributed by atoms with Gasteiger partial charge in [0.1, 0.15) is 5.82 Å². The molecule has 0 aliphatic heterocycles. The van der Waals surface area contributed by atoms with Crippen molar-refractivity contribution in [1.82, 2.24) is 14.6 Å². The Morgan fingerprint density at radius 1 is 1.03 bits per heavy atom. The fourth-order valence-corrected chi connectivity index (χ4v) is 3.27. The molecule has 0 saturated heterocycles. The SMILES string of the molecule is COc1cc(C)ccc1OCCC(=O)Nc1ccc(Cc2nnc3ccccn23)cc1. The molecule has 7 heteroatoms. The van der Waals surface area contributed by atoms with E-state index >= 15 is 0 Å². The monoisotopic (exact) mass is 416 g/mol. The Hall–Kier alpha value is -3.87. The van der Waals surface area contributed by atoms with Crippen LogP contribution in [0, 0.1) is 6.92 Å². The normalized spacial score (nSPS) is 10.8. The lowest BCUT2D eigenvalue weighted by Gasteiger charge is -2.11. The molecule has 0 bridgehead atoms. The van der Waals surface area contributed by atoms with Crippen molar-refractivity contribution in [2.75, 3.05) is 19.0 Å². The van der Waals surface area contributed by atoms with Gasteiger partial charge < -0.3 is 14.8 Å². The number of rotatable bonds is 8. The molecule has 0 spiro atoms. The van der Waals surface area contributed by atoms with E-state index in [9.17, 15) is 4.79 Å². The van der Waals surface area contributed by atoms with Crippen LogP contribution in [0.2, 0.25) is 0 Å². The average Bonchev–Trinajstić information content (AvgIpc) is 3.19. The predicted octanol–water partition coefficient (Wildman–Crippen LogP) is 4.04. The van der Waals surface area contributed by atoms with E-state index in [-0.39, 0.29) is 18.9 Å². The van der Waals surface area contributed by atoms with E-state index in [1.54, 1.807) is 7.11 Å². The Labute approximate surface area is 180 Å². The van der Waals surface area contributed by atoms with Crippen molar-refractivity contribution in [2.45, 2.75) is 19.8 Å². The van der Waals surface area contributed by atoms with Gasteiger partial charge in [0.15, 0.2) is 17.1 Å². The summed E-state index contributed by atoms with van der Waals surface area (Å²) in [6, 6.07) is 19.3. The minimum absolute atomic E-state index is 0.109. The van der Waals surface area contributed by atoms with Crippen molar-refractivity contribution in [3.63, 3.8) is 0 Å². The minimum Gasteiger partial charge on any atom is -0.493 e. The third-order valence-corrected chi connectivity index (χ3v) is 4.89. The number of ether oxygens (including phenoxy) is 2. The summed E-state index contributed by atoms with van der Waals surface area (Å²) in [6.45, 7) is 2.25. The summed E-state index contributed by atoms with van der Waals surface area (Å²) < 4.78 is 13.0. The molecule has 1 N–H and O–H groups in total. The van der Waals surface area contributed by atoms with E-state index in [2.05, 4.69) is 15.5 Å². The van der Waals surface area contributed by atoms with Gasteiger partial charge in [0, 0.05) is 18.3 Å². The topological polar surface area (TPSA) is 77.8 Å². The highest BCUT2D eigenvalue weighted by Gasteiger charge is 2.08. The van der Waals surface area contributed by atoms with Gasteiger partial charge in [-0.15, -0.1) is 10.2 Å². The second-order valence-electron chi connectivity index (χ2n) is 7.22. The van der Waals surface area contributed by atoms with Gasteiger partial charge in [0.2, 0.25) is 5.91 Å². The minimum atomic E-state index is -0.109. The van der Waals surface area contributed by atoms with Crippen LogP contribution >= 0.6 is 0 Å². The molecule has 0 saturated carbocycles. The van der Waals surface area contributed by atoms with E-state index in [4.69, 9.17) is 9.47 Å². The number of nitrogens with zero attached hydrogens (tertiary/aromatic N) is 3. The van der Waals surface area contributed by atoms with Gasteiger partial charge in [-0.25, -0.2) is 0 Å². The molecule has 158 valence electrons. The van der Waals surface area contributed by atoms with E-state index in [0.717, 1.165) is 28.3 Å². The molecule has 0 aliphatic rings. The van der Waals surface area contributed by atoms with Crippen molar-refractivity contribution < 1.29 is 14.3 Å². The largest absolute Gasteiger partial charge is 0.493 e. The Bertz CT molecular complexity index is 1190. The predicted molar refractivity (Wildman–Crippen MR) is 119 cm³/mol. The quantitative estimate of drug-likeness (QED) is 0.469. The molecular formula is C24H24N4O3. The number of amides is 1. The molecule has 4 aromatic rings. The number of pyridine rings is 1. The molecule has 1 amide bonds. The molecule has 0 fully saturated rings. The number of anilines is 1. The zero-order valence-electron chi connectivity index (χ0n) is 17.5. The summed E-state index contributed by atoms with van der Waals surface area (Å²) in [7, 11) is 1.60. The number of aryl methyl sites for hydroxylation is 1. The summed E-state index contributed by atoms with van der Waals surface area (Å²) in [5.74, 6) is 2.06. The van der Waals surface area contributed by atoms with Crippen LogP contribution in [0.3, 0.4) is 0 Å². The van der Waals surface area contributed by atoms with Gasteiger partial charge in [-0.3, -0.25) is 9.20 Å². The first-order valence-electron chi connectivity index (χ1n) is 10.1. The zero-order valence-corrected chi connectivity index (χ0v) is 17.5. The maximum Gasteiger partial charge on any atom is 0.227 e. The van der Waals surface area contributed by atoms with Crippen LogP contribution in [0.25, 0.3) is 5.65 Å². The summed E-state index contributed by atoms with van der Waals surface area (Å²) in [5, 5.41) is 11.3. The fraction of sp³-hybridized carbons (Fsp3) is 0.208. The van der Waals surface area contributed by atoms with E-state index in [1.807, 2.05) is 78.2 Å². The first-order chi connectivity index (χ1) is 15.1. The van der Waals surface area contributed by atoms with Crippen LogP contribution in [0.4, 0.5) is 5.69 Å². The summed E-state index contributed by atoms with van der Waals surface area (Å²) in [4.78, 5) is 12.3. The second-order valence-corrected chi connectivity index (χ2v) is 7.22. The number of benzene rings is 2. The fourth-order valence-electron chi connectivity index (χ4n) is 3.27. The molecule has 2 aromatic heterocycles. The molecule has 0 radical (unpaired) electrons. The lowest BCUT2D eigenvalue weighted by atomic mass is 10.1. The number of nitrogens with one attached hydrogen (secondary N) is 1. The number of methoxy groups -OCH3 is 1. The Balaban J connectivity index is 1.29. The molecule has 31 heavy (non-hydrogen) atoms. The van der Waals surface area contributed by atoms with Gasteiger partial charge in [0.25, 0.3) is 0 Å². The van der Waals surface area contributed by atoms with Crippen LogP contribution in [0.5, 0.6) is 11.5 Å². The van der Waals surface area contributed by atoms with E-state index < -0.39 is 0 Å². The third kappa shape index (κ3) is 5.01. The summed E-state index contributed by atoms with van der Waals surface area (Å²) >= 11 is 0. The lowest BCUT2D eigenvalue weighted by molar-refractivity contribution is -0.116. The van der Waals surface area contributed by atoms with Gasteiger partial charge >= 0.3 is 0 Å². The van der Waals surface area contributed by atoms with E-state index in [1.165, 1.54) is 0 Å².